The first-order valence-electron chi connectivity index (χ1n) is 20.0. The van der Waals surface area contributed by atoms with Gasteiger partial charge >= 0.3 is 0 Å². The van der Waals surface area contributed by atoms with E-state index < -0.39 is 23.2 Å². The number of thioether (sulfide) groups is 1. The molecule has 5 nitrogen and oxygen atoms in total. The lowest BCUT2D eigenvalue weighted by Gasteiger charge is -2.50. The summed E-state index contributed by atoms with van der Waals surface area (Å²) >= 11 is 8.37. The Morgan fingerprint density at radius 2 is 1.05 bits per heavy atom. The Balaban J connectivity index is 1.28. The van der Waals surface area contributed by atoms with Crippen molar-refractivity contribution in [2.24, 2.45) is 0 Å². The molecular formula is C51H53ClO5S. The molecule has 6 aromatic rings. The summed E-state index contributed by atoms with van der Waals surface area (Å²) in [4.78, 5) is -1.58. The van der Waals surface area contributed by atoms with Crippen LogP contribution in [0.25, 0.3) is 0 Å². The molecule has 5 atom stereocenters. The highest BCUT2D eigenvalue weighted by atomic mass is 35.5. The first-order chi connectivity index (χ1) is 28.2. The summed E-state index contributed by atoms with van der Waals surface area (Å²) in [6.45, 7) is 8.30. The van der Waals surface area contributed by atoms with Gasteiger partial charge in [-0.05, 0) is 62.4 Å². The molecule has 0 bridgehead atoms. The van der Waals surface area contributed by atoms with Crippen molar-refractivity contribution in [2.45, 2.75) is 87.5 Å². The second-order valence-corrected chi connectivity index (χ2v) is 17.9. The van der Waals surface area contributed by atoms with Crippen molar-refractivity contribution in [2.75, 3.05) is 6.61 Å². The maximum atomic E-state index is 13.4. The third-order valence-corrected chi connectivity index (χ3v) is 12.5. The number of halogens is 1. The predicted octanol–water partition coefficient (Wildman–Crippen LogP) is 11.5. The topological polar surface area (TPSA) is 57.2 Å². The molecule has 58 heavy (non-hydrogen) atoms. The van der Waals surface area contributed by atoms with Gasteiger partial charge in [0, 0.05) is 5.02 Å². The van der Waals surface area contributed by atoms with Crippen molar-refractivity contribution < 1.29 is 24.1 Å². The molecule has 1 N–H and O–H groups in total. The number of ether oxygens (including phenoxy) is 4. The SMILES string of the molecule is CC(C)(C)c1ccc(Cc2cc(C3(O)S[C@H](COCc4ccccc4)[C@@H](OCc4ccccc4)[C@H](OCc4ccccc4)[C@H]3OCc3ccccc3)ccc2Cl)cc1. The lowest BCUT2D eigenvalue weighted by molar-refractivity contribution is -0.199. The summed E-state index contributed by atoms with van der Waals surface area (Å²) in [6, 6.07) is 55.0. The quantitative estimate of drug-likeness (QED) is 0.105. The summed E-state index contributed by atoms with van der Waals surface area (Å²) in [7, 11) is 0. The van der Waals surface area contributed by atoms with Gasteiger partial charge in [-0.25, -0.2) is 0 Å². The first kappa shape index (κ1) is 41.9. The van der Waals surface area contributed by atoms with Gasteiger partial charge in [0.1, 0.15) is 18.3 Å². The summed E-state index contributed by atoms with van der Waals surface area (Å²) in [5.41, 5.74) is 8.17. The molecule has 1 fully saturated rings. The number of aliphatic hydroxyl groups is 1. The number of hydrogen-bond acceptors (Lipinski definition) is 6. The zero-order valence-electron chi connectivity index (χ0n) is 33.5. The largest absolute Gasteiger partial charge is 0.376 e. The van der Waals surface area contributed by atoms with E-state index in [-0.39, 0.29) is 17.3 Å². The van der Waals surface area contributed by atoms with Gasteiger partial charge in [-0.2, -0.15) is 0 Å². The molecule has 0 spiro atoms. The second kappa shape index (κ2) is 19.7. The molecule has 0 saturated carbocycles. The Morgan fingerprint density at radius 3 is 1.57 bits per heavy atom. The minimum absolute atomic E-state index is 0.0511. The molecule has 1 saturated heterocycles. The van der Waals surface area contributed by atoms with Gasteiger partial charge in [0.25, 0.3) is 0 Å². The van der Waals surface area contributed by atoms with Crippen LogP contribution < -0.4 is 0 Å². The van der Waals surface area contributed by atoms with Crippen LogP contribution in [-0.4, -0.2) is 35.3 Å². The van der Waals surface area contributed by atoms with E-state index in [1.807, 2.05) is 115 Å². The Morgan fingerprint density at radius 1 is 0.569 bits per heavy atom. The molecule has 0 aromatic heterocycles. The van der Waals surface area contributed by atoms with Crippen molar-refractivity contribution >= 4 is 23.4 Å². The van der Waals surface area contributed by atoms with Crippen LogP contribution >= 0.6 is 23.4 Å². The summed E-state index contributed by atoms with van der Waals surface area (Å²) in [6.07, 6.45) is -1.46. The van der Waals surface area contributed by atoms with Crippen LogP contribution in [0.3, 0.4) is 0 Å². The van der Waals surface area contributed by atoms with Crippen molar-refractivity contribution in [3.63, 3.8) is 0 Å². The molecule has 6 aromatic carbocycles. The van der Waals surface area contributed by atoms with E-state index in [0.717, 1.165) is 33.4 Å². The minimum Gasteiger partial charge on any atom is -0.376 e. The van der Waals surface area contributed by atoms with Crippen molar-refractivity contribution in [3.8, 4) is 0 Å². The fourth-order valence-corrected chi connectivity index (χ4v) is 9.14. The maximum Gasteiger partial charge on any atom is 0.165 e. The van der Waals surface area contributed by atoms with Crippen LogP contribution in [0.5, 0.6) is 0 Å². The second-order valence-electron chi connectivity index (χ2n) is 16.0. The molecule has 1 aliphatic heterocycles. The van der Waals surface area contributed by atoms with E-state index in [0.29, 0.717) is 43.4 Å². The molecule has 300 valence electrons. The zero-order chi connectivity index (χ0) is 40.4. The van der Waals surface area contributed by atoms with Crippen LogP contribution in [0.15, 0.2) is 164 Å². The lowest BCUT2D eigenvalue weighted by Crippen LogP contribution is -2.61. The highest BCUT2D eigenvalue weighted by Crippen LogP contribution is 2.51. The predicted molar refractivity (Wildman–Crippen MR) is 236 cm³/mol. The molecule has 7 heteroatoms. The Labute approximate surface area is 353 Å². The van der Waals surface area contributed by atoms with E-state index in [2.05, 4.69) is 69.3 Å². The van der Waals surface area contributed by atoms with Crippen LogP contribution in [0, 0.1) is 0 Å². The number of benzene rings is 6. The normalized spacial score (nSPS) is 20.8. The smallest absolute Gasteiger partial charge is 0.165 e. The van der Waals surface area contributed by atoms with E-state index in [1.165, 1.54) is 17.3 Å². The standard InChI is InChI=1S/C51H53ClO5S/c1-50(2,3)43-26-24-37(25-27-43)30-42-31-44(28-29-45(42)52)51(53)49(57-35-41-22-14-7-15-23-41)48(56-34-40-20-12-6-13-21-40)47(55-33-39-18-10-5-11-19-39)46(58-51)36-54-32-38-16-8-4-9-17-38/h4-29,31,46-49,53H,30,32-36H2,1-3H3/t46-,47-,48+,49-,51?/m1/s1. The minimum atomic E-state index is -1.58. The van der Waals surface area contributed by atoms with Gasteiger partial charge in [0.05, 0.1) is 38.3 Å². The molecule has 0 radical (unpaired) electrons. The van der Waals surface area contributed by atoms with E-state index in [4.69, 9.17) is 30.5 Å². The van der Waals surface area contributed by atoms with Crippen LogP contribution in [0.4, 0.5) is 0 Å². The monoisotopic (exact) mass is 812 g/mol. The van der Waals surface area contributed by atoms with Crippen molar-refractivity contribution in [1.82, 2.24) is 0 Å². The van der Waals surface area contributed by atoms with Crippen LogP contribution in [0.1, 0.15) is 65.3 Å². The van der Waals surface area contributed by atoms with Gasteiger partial charge in [-0.3, -0.25) is 0 Å². The van der Waals surface area contributed by atoms with Crippen molar-refractivity contribution in [1.29, 1.82) is 0 Å². The average molecular weight is 814 g/mol. The average Bonchev–Trinajstić information content (AvgIpc) is 3.24. The van der Waals surface area contributed by atoms with Crippen LogP contribution in [0.2, 0.25) is 5.02 Å². The molecule has 7 rings (SSSR count). The van der Waals surface area contributed by atoms with Gasteiger partial charge in [-0.15, -0.1) is 11.8 Å². The van der Waals surface area contributed by atoms with Gasteiger partial charge < -0.3 is 24.1 Å². The number of rotatable bonds is 16. The molecule has 1 heterocycles. The first-order valence-corrected chi connectivity index (χ1v) is 21.3. The molecule has 0 amide bonds. The van der Waals surface area contributed by atoms with E-state index in [9.17, 15) is 5.11 Å². The van der Waals surface area contributed by atoms with Crippen molar-refractivity contribution in [3.05, 3.63) is 213 Å². The third-order valence-electron chi connectivity index (χ3n) is 10.6. The summed E-state index contributed by atoms with van der Waals surface area (Å²) in [5.74, 6) is 0. The molecule has 0 aliphatic carbocycles. The highest BCUT2D eigenvalue weighted by molar-refractivity contribution is 8.00. The van der Waals surface area contributed by atoms with Crippen LogP contribution in [-0.2, 0) is 62.1 Å². The Kier molecular flexibility index (Phi) is 14.2. The lowest BCUT2D eigenvalue weighted by atomic mass is 9.86. The molecule has 1 aliphatic rings. The van der Waals surface area contributed by atoms with Gasteiger partial charge in [-0.1, -0.05) is 190 Å². The zero-order valence-corrected chi connectivity index (χ0v) is 35.1. The highest BCUT2D eigenvalue weighted by Gasteiger charge is 2.56. The summed E-state index contributed by atoms with van der Waals surface area (Å²) in [5, 5.41) is 13.7. The van der Waals surface area contributed by atoms with E-state index in [1.54, 1.807) is 0 Å². The molecule has 1 unspecified atom stereocenters. The van der Waals surface area contributed by atoms with Gasteiger partial charge in [0.2, 0.25) is 0 Å². The molecular weight excluding hydrogens is 760 g/mol. The van der Waals surface area contributed by atoms with E-state index >= 15 is 0 Å². The third kappa shape index (κ3) is 10.9. The Hall–Kier alpha value is -4.24. The summed E-state index contributed by atoms with van der Waals surface area (Å²) < 4.78 is 27.3. The number of hydrogen-bond donors (Lipinski definition) is 1. The Bertz CT molecular complexity index is 2150. The van der Waals surface area contributed by atoms with Gasteiger partial charge in [0.15, 0.2) is 4.93 Å². The fraction of sp³-hybridized carbons (Fsp3) is 0.294. The fourth-order valence-electron chi connectivity index (χ4n) is 7.36. The maximum absolute atomic E-state index is 13.4.